The largest absolute Gasteiger partial charge is 0.497 e. The van der Waals surface area contributed by atoms with Crippen LogP contribution >= 0.6 is 0 Å². The number of rotatable bonds is 8. The van der Waals surface area contributed by atoms with E-state index in [4.69, 9.17) is 4.74 Å². The summed E-state index contributed by atoms with van der Waals surface area (Å²) in [6.45, 7) is 2.03. The average Bonchev–Trinajstić information content (AvgIpc) is 3.42. The van der Waals surface area contributed by atoms with E-state index in [1.807, 2.05) is 70.0 Å². The van der Waals surface area contributed by atoms with Crippen LogP contribution in [-0.2, 0) is 19.8 Å². The second-order valence-electron chi connectivity index (χ2n) is 7.43. The van der Waals surface area contributed by atoms with Gasteiger partial charge < -0.3 is 4.74 Å². The maximum absolute atomic E-state index is 5.27. The van der Waals surface area contributed by atoms with Crippen molar-refractivity contribution in [1.29, 1.82) is 0 Å². The maximum Gasteiger partial charge on any atom is 0.118 e. The average molecular weight is 413 g/mol. The fourth-order valence-corrected chi connectivity index (χ4v) is 3.69. The topological polar surface area (TPSA) is 73.9 Å². The lowest BCUT2D eigenvalue weighted by Crippen LogP contribution is -2.31. The molecule has 156 valence electrons. The van der Waals surface area contributed by atoms with E-state index in [-0.39, 0.29) is 0 Å². The fraction of sp³-hybridized carbons (Fsp3) is 0.217. The van der Waals surface area contributed by atoms with Crippen LogP contribution < -0.4 is 4.74 Å². The van der Waals surface area contributed by atoms with E-state index in [0.717, 1.165) is 40.8 Å². The third kappa shape index (κ3) is 4.10. The highest BCUT2D eigenvalue weighted by Gasteiger charge is 2.13. The maximum atomic E-state index is 5.27. The molecule has 31 heavy (non-hydrogen) atoms. The van der Waals surface area contributed by atoms with Crippen LogP contribution in [0.4, 0.5) is 0 Å². The summed E-state index contributed by atoms with van der Waals surface area (Å²) in [5.41, 5.74) is 5.06. The summed E-state index contributed by atoms with van der Waals surface area (Å²) in [4.78, 5) is 2.30. The van der Waals surface area contributed by atoms with Gasteiger partial charge in [-0.15, -0.1) is 10.2 Å². The summed E-state index contributed by atoms with van der Waals surface area (Å²) in [5.74, 6) is 0.865. The van der Waals surface area contributed by atoms with Gasteiger partial charge in [0, 0.05) is 6.54 Å². The Morgan fingerprint density at radius 3 is 1.84 bits per heavy atom. The Morgan fingerprint density at radius 2 is 1.29 bits per heavy atom. The van der Waals surface area contributed by atoms with E-state index in [1.54, 1.807) is 7.11 Å². The van der Waals surface area contributed by atoms with Crippen molar-refractivity contribution in [3.8, 4) is 5.75 Å². The Morgan fingerprint density at radius 1 is 0.742 bits per heavy atom. The van der Waals surface area contributed by atoms with Crippen LogP contribution in [0.15, 0.2) is 72.8 Å². The molecule has 0 aliphatic heterocycles. The molecule has 0 atom stereocenters. The molecule has 2 aromatic heterocycles. The zero-order valence-corrected chi connectivity index (χ0v) is 17.3. The summed E-state index contributed by atoms with van der Waals surface area (Å²) in [6.07, 6.45) is 0.892. The van der Waals surface area contributed by atoms with Crippen LogP contribution in [-0.4, -0.2) is 48.5 Å². The Kier molecular flexibility index (Phi) is 5.28. The molecule has 0 bridgehead atoms. The quantitative estimate of drug-likeness (QED) is 0.388. The highest BCUT2D eigenvalue weighted by atomic mass is 16.5. The van der Waals surface area contributed by atoms with E-state index >= 15 is 0 Å². The molecular formula is C23H23N7O. The molecule has 0 saturated carbocycles. The summed E-state index contributed by atoms with van der Waals surface area (Å²) < 4.78 is 9.14. The number of benzene rings is 3. The predicted molar refractivity (Wildman–Crippen MR) is 118 cm³/mol. The molecule has 5 aromatic rings. The van der Waals surface area contributed by atoms with E-state index in [9.17, 15) is 0 Å². The Labute approximate surface area is 179 Å². The van der Waals surface area contributed by atoms with Gasteiger partial charge in [0.25, 0.3) is 0 Å². The molecule has 0 fully saturated rings. The van der Waals surface area contributed by atoms with Crippen LogP contribution in [0.25, 0.3) is 22.1 Å². The summed E-state index contributed by atoms with van der Waals surface area (Å²) in [6, 6.07) is 24.2. The first-order valence-electron chi connectivity index (χ1n) is 10.2. The van der Waals surface area contributed by atoms with Gasteiger partial charge >= 0.3 is 0 Å². The molecule has 0 unspecified atom stereocenters. The smallest absolute Gasteiger partial charge is 0.118 e. The van der Waals surface area contributed by atoms with Crippen molar-refractivity contribution in [1.82, 2.24) is 34.9 Å². The van der Waals surface area contributed by atoms with Gasteiger partial charge in [-0.1, -0.05) is 46.8 Å². The second kappa shape index (κ2) is 8.53. The zero-order chi connectivity index (χ0) is 21.0. The third-order valence-electron chi connectivity index (χ3n) is 5.38. The first-order chi connectivity index (χ1) is 15.3. The van der Waals surface area contributed by atoms with Crippen molar-refractivity contribution in [2.75, 3.05) is 13.7 Å². The molecule has 0 amide bonds. The molecule has 0 aliphatic rings. The number of ether oxygens (including phenoxy) is 1. The number of methoxy groups -OCH3 is 1. The van der Waals surface area contributed by atoms with Crippen LogP contribution in [0.3, 0.4) is 0 Å². The summed E-state index contributed by atoms with van der Waals surface area (Å²) in [5, 5.41) is 17.3. The van der Waals surface area contributed by atoms with E-state index in [1.165, 1.54) is 5.56 Å². The Hall–Kier alpha value is -3.78. The number of nitrogens with zero attached hydrogens (tertiary/aromatic N) is 7. The minimum absolute atomic E-state index is 0.602. The number of fused-ring (bicyclic) bond motifs is 2. The van der Waals surface area contributed by atoms with Crippen LogP contribution in [0.1, 0.15) is 5.56 Å². The van der Waals surface area contributed by atoms with E-state index in [2.05, 4.69) is 37.7 Å². The lowest BCUT2D eigenvalue weighted by molar-refractivity contribution is 0.158. The van der Waals surface area contributed by atoms with Crippen LogP contribution in [0.5, 0.6) is 5.75 Å². The predicted octanol–water partition coefficient (Wildman–Crippen LogP) is 3.34. The van der Waals surface area contributed by atoms with Gasteiger partial charge in [-0.05, 0) is 48.4 Å². The van der Waals surface area contributed by atoms with Crippen molar-refractivity contribution < 1.29 is 4.74 Å². The Balaban J connectivity index is 1.39. The number of hydrogen-bond acceptors (Lipinski definition) is 6. The third-order valence-corrected chi connectivity index (χ3v) is 5.38. The molecule has 0 N–H and O–H groups in total. The van der Waals surface area contributed by atoms with Crippen molar-refractivity contribution in [2.45, 2.75) is 19.8 Å². The van der Waals surface area contributed by atoms with Crippen molar-refractivity contribution >= 4 is 22.1 Å². The molecule has 5 rings (SSSR count). The van der Waals surface area contributed by atoms with Gasteiger partial charge in [-0.2, -0.15) is 0 Å². The monoisotopic (exact) mass is 413 g/mol. The number of hydrogen-bond donors (Lipinski definition) is 0. The molecule has 0 radical (unpaired) electrons. The molecule has 0 aliphatic carbocycles. The van der Waals surface area contributed by atoms with Crippen molar-refractivity contribution in [2.24, 2.45) is 0 Å². The molecule has 2 heterocycles. The zero-order valence-electron chi connectivity index (χ0n) is 17.3. The van der Waals surface area contributed by atoms with E-state index in [0.29, 0.717) is 13.3 Å². The molecule has 0 saturated heterocycles. The molecular weight excluding hydrogens is 390 g/mol. The first-order valence-corrected chi connectivity index (χ1v) is 10.2. The van der Waals surface area contributed by atoms with Gasteiger partial charge in [0.2, 0.25) is 0 Å². The Bertz CT molecular complexity index is 1220. The van der Waals surface area contributed by atoms with Crippen molar-refractivity contribution in [3.05, 3.63) is 78.4 Å². The van der Waals surface area contributed by atoms with Gasteiger partial charge in [-0.25, -0.2) is 9.36 Å². The van der Waals surface area contributed by atoms with E-state index < -0.39 is 0 Å². The fourth-order valence-electron chi connectivity index (χ4n) is 3.69. The summed E-state index contributed by atoms with van der Waals surface area (Å²) >= 11 is 0. The molecule has 8 nitrogen and oxygen atoms in total. The SMILES string of the molecule is COc1ccc(CCN(Cn2nnc3ccccc32)Cn2nnc3ccccc32)cc1. The normalized spacial score (nSPS) is 11.5. The lowest BCUT2D eigenvalue weighted by atomic mass is 10.1. The lowest BCUT2D eigenvalue weighted by Gasteiger charge is -2.22. The van der Waals surface area contributed by atoms with Gasteiger partial charge in [0.05, 0.1) is 31.5 Å². The number of aromatic nitrogens is 6. The summed E-state index contributed by atoms with van der Waals surface area (Å²) in [7, 11) is 1.68. The number of para-hydroxylation sites is 2. The highest BCUT2D eigenvalue weighted by Crippen LogP contribution is 2.15. The first kappa shape index (κ1) is 19.2. The van der Waals surface area contributed by atoms with Crippen LogP contribution in [0, 0.1) is 0 Å². The molecule has 3 aromatic carbocycles. The standard InChI is InChI=1S/C23H23N7O/c1-31-19-12-10-18(11-13-19)14-15-28(16-29-22-8-4-2-6-20(22)24-26-29)17-30-23-9-5-3-7-21(23)25-27-30/h2-13H,14-17H2,1H3. The highest BCUT2D eigenvalue weighted by molar-refractivity contribution is 5.74. The van der Waals surface area contributed by atoms with Gasteiger partial charge in [-0.3, -0.25) is 4.90 Å². The minimum Gasteiger partial charge on any atom is -0.497 e. The van der Waals surface area contributed by atoms with Gasteiger partial charge in [0.15, 0.2) is 0 Å². The van der Waals surface area contributed by atoms with Crippen LogP contribution in [0.2, 0.25) is 0 Å². The molecule has 0 spiro atoms. The molecule has 8 heteroatoms. The second-order valence-corrected chi connectivity index (χ2v) is 7.43. The van der Waals surface area contributed by atoms with Crippen molar-refractivity contribution in [3.63, 3.8) is 0 Å². The minimum atomic E-state index is 0.602. The van der Waals surface area contributed by atoms with Gasteiger partial charge in [0.1, 0.15) is 16.8 Å².